The fraction of sp³-hybridized carbons (Fsp3) is 0.333. The number of aliphatic hydroxyl groups excluding tert-OH is 1. The number of amides is 4. The molecule has 0 bridgehead atoms. The van der Waals surface area contributed by atoms with Crippen LogP contribution in [-0.4, -0.2) is 68.3 Å². The van der Waals surface area contributed by atoms with Crippen LogP contribution >= 0.6 is 0 Å². The first kappa shape index (κ1) is 37.2. The number of hydrogen-bond acceptors (Lipinski definition) is 6. The highest BCUT2D eigenvalue weighted by molar-refractivity contribution is 6.72. The van der Waals surface area contributed by atoms with Crippen molar-refractivity contribution in [3.05, 3.63) is 114 Å². The average molecular weight is 749 g/mol. The maximum absolute atomic E-state index is 16.6. The smallest absolute Gasteiger partial charge is 0.264 e. The van der Waals surface area contributed by atoms with Crippen molar-refractivity contribution >= 4 is 61.5 Å². The summed E-state index contributed by atoms with van der Waals surface area (Å²) < 4.78 is 23.5. The van der Waals surface area contributed by atoms with Crippen LogP contribution in [0.1, 0.15) is 37.3 Å². The maximum Gasteiger partial charge on any atom is 0.264 e. The zero-order valence-electron chi connectivity index (χ0n) is 30.7. The summed E-state index contributed by atoms with van der Waals surface area (Å²) in [4.78, 5) is 59.9. The van der Waals surface area contributed by atoms with Crippen molar-refractivity contribution in [2.75, 3.05) is 27.9 Å². The first-order valence-corrected chi connectivity index (χ1v) is 21.4. The predicted octanol–water partition coefficient (Wildman–Crippen LogP) is 6.97. The molecule has 4 aromatic carbocycles. The van der Waals surface area contributed by atoms with Crippen molar-refractivity contribution in [3.63, 3.8) is 0 Å². The lowest BCUT2D eigenvalue weighted by Gasteiger charge is -2.31. The van der Waals surface area contributed by atoms with Gasteiger partial charge in [0.25, 0.3) is 5.91 Å². The summed E-state index contributed by atoms with van der Waals surface area (Å²) in [5.41, 5.74) is 2.04. The molecule has 0 saturated carbocycles. The molecule has 3 aliphatic heterocycles. The Morgan fingerprint density at radius 2 is 1.48 bits per heavy atom. The highest BCUT2D eigenvalue weighted by Crippen LogP contribution is 2.61. The van der Waals surface area contributed by atoms with Gasteiger partial charge in [-0.1, -0.05) is 55.5 Å². The van der Waals surface area contributed by atoms with Gasteiger partial charge in [0, 0.05) is 46.3 Å². The molecule has 3 aliphatic rings. The zero-order chi connectivity index (χ0) is 38.2. The lowest BCUT2D eigenvalue weighted by Crippen LogP contribution is -2.45. The molecule has 2 saturated heterocycles. The van der Waals surface area contributed by atoms with E-state index < -0.39 is 31.6 Å². The van der Waals surface area contributed by atoms with Crippen LogP contribution in [0.25, 0.3) is 0 Å². The molecule has 4 amide bonds. The first-order chi connectivity index (χ1) is 26.0. The van der Waals surface area contributed by atoms with E-state index in [1.54, 1.807) is 41.1 Å². The molecule has 54 heavy (non-hydrogen) atoms. The number of aliphatic hydroxyl groups is 1. The topological polar surface area (TPSA) is 111 Å². The van der Waals surface area contributed by atoms with Crippen LogP contribution in [0.2, 0.25) is 18.6 Å². The second-order valence-corrected chi connectivity index (χ2v) is 18.7. The van der Waals surface area contributed by atoms with Crippen LogP contribution < -0.4 is 14.7 Å². The largest absolute Gasteiger partial charge is 0.394 e. The fourth-order valence-corrected chi connectivity index (χ4v) is 11.3. The monoisotopic (exact) mass is 748 g/mol. The van der Waals surface area contributed by atoms with Gasteiger partial charge in [-0.25, -0.2) is 0 Å². The quantitative estimate of drug-likeness (QED) is 0.0953. The minimum Gasteiger partial charge on any atom is -0.394 e. The van der Waals surface area contributed by atoms with E-state index in [-0.39, 0.29) is 37.4 Å². The molecule has 2 fully saturated rings. The number of halogens is 1. The Morgan fingerprint density at radius 1 is 0.907 bits per heavy atom. The van der Waals surface area contributed by atoms with Crippen LogP contribution in [0.15, 0.2) is 103 Å². The van der Waals surface area contributed by atoms with Gasteiger partial charge in [0.15, 0.2) is 5.60 Å². The third-order valence-electron chi connectivity index (χ3n) is 11.3. The van der Waals surface area contributed by atoms with E-state index in [0.717, 1.165) is 18.4 Å². The van der Waals surface area contributed by atoms with Crippen molar-refractivity contribution in [2.24, 2.45) is 5.92 Å². The molecule has 1 spiro atoms. The van der Waals surface area contributed by atoms with Crippen LogP contribution in [0.5, 0.6) is 0 Å². The van der Waals surface area contributed by atoms with Gasteiger partial charge in [-0.3, -0.25) is 29.0 Å². The minimum atomic E-state index is -3.58. The molecular weight excluding hydrogens is 704 g/mol. The Kier molecular flexibility index (Phi) is 10.3. The van der Waals surface area contributed by atoms with E-state index in [2.05, 4.69) is 0 Å². The molecule has 12 heteroatoms. The number of carbonyl (C=O) groups excluding carboxylic acids is 4. The van der Waals surface area contributed by atoms with E-state index in [4.69, 9.17) is 4.74 Å². The van der Waals surface area contributed by atoms with Crippen LogP contribution in [0.4, 0.5) is 32.5 Å². The lowest BCUT2D eigenvalue weighted by molar-refractivity contribution is -0.150. The van der Waals surface area contributed by atoms with Crippen LogP contribution in [-0.2, 0) is 36.1 Å². The van der Waals surface area contributed by atoms with Crippen LogP contribution in [0, 0.1) is 5.92 Å². The molecule has 280 valence electrons. The third kappa shape index (κ3) is 6.52. The number of ether oxygens (including phenoxy) is 1. The van der Waals surface area contributed by atoms with Gasteiger partial charge in [-0.2, -0.15) is 0 Å². The SMILES string of the molecule is C[C@@H]1[C@@H]([Si](C)(C)F)[C@H](CC(=O)N2CCC[C@H]2CO)O[C@@]12C(=O)N(Cc1ccc(N(C=O)c3ccccc3)cc1)c1ccc(N(C=O)c3ccccc3)cc12. The van der Waals surface area contributed by atoms with Crippen molar-refractivity contribution in [2.45, 2.75) is 69.1 Å². The molecule has 3 heterocycles. The molecule has 0 aliphatic carbocycles. The number of carbonyl (C=O) groups is 4. The Labute approximate surface area is 315 Å². The summed E-state index contributed by atoms with van der Waals surface area (Å²) in [5.74, 6) is -1.25. The zero-order valence-corrected chi connectivity index (χ0v) is 31.7. The van der Waals surface area contributed by atoms with Gasteiger partial charge in [0.05, 0.1) is 37.4 Å². The Balaban J connectivity index is 1.28. The van der Waals surface area contributed by atoms with E-state index in [1.807, 2.05) is 91.9 Å². The lowest BCUT2D eigenvalue weighted by atomic mass is 9.82. The highest BCUT2D eigenvalue weighted by Gasteiger charge is 2.67. The van der Waals surface area contributed by atoms with E-state index in [1.165, 1.54) is 9.80 Å². The summed E-state index contributed by atoms with van der Waals surface area (Å²) in [7, 11) is -3.58. The number of likely N-dealkylation sites (tertiary alicyclic amines) is 1. The maximum atomic E-state index is 16.6. The third-order valence-corrected chi connectivity index (χ3v) is 13.8. The molecule has 0 unspecified atom stereocenters. The van der Waals surface area contributed by atoms with Crippen molar-refractivity contribution in [3.8, 4) is 0 Å². The van der Waals surface area contributed by atoms with Gasteiger partial charge in [0.2, 0.25) is 27.1 Å². The van der Waals surface area contributed by atoms with Crippen molar-refractivity contribution in [1.82, 2.24) is 4.90 Å². The van der Waals surface area contributed by atoms with Gasteiger partial charge in [0.1, 0.15) is 0 Å². The van der Waals surface area contributed by atoms with Gasteiger partial charge >= 0.3 is 0 Å². The second kappa shape index (κ2) is 14.9. The Bertz CT molecular complexity index is 2010. The van der Waals surface area contributed by atoms with E-state index >= 15 is 8.90 Å². The first-order valence-electron chi connectivity index (χ1n) is 18.4. The summed E-state index contributed by atoms with van der Waals surface area (Å²) >= 11 is 0. The normalized spacial score (nSPS) is 23.5. The number of nitrogens with zero attached hydrogens (tertiary/aromatic N) is 4. The number of hydrogen-bond donors (Lipinski definition) is 1. The van der Waals surface area contributed by atoms with Gasteiger partial charge in [-0.15, -0.1) is 0 Å². The van der Waals surface area contributed by atoms with Crippen molar-refractivity contribution in [1.29, 1.82) is 0 Å². The molecule has 0 radical (unpaired) electrons. The second-order valence-electron chi connectivity index (χ2n) is 14.9. The van der Waals surface area contributed by atoms with E-state index in [0.29, 0.717) is 53.4 Å². The number of anilines is 5. The van der Waals surface area contributed by atoms with Gasteiger partial charge in [-0.05, 0) is 86.1 Å². The summed E-state index contributed by atoms with van der Waals surface area (Å²) in [6.07, 6.45) is 1.93. The highest BCUT2D eigenvalue weighted by atomic mass is 28.4. The van der Waals surface area contributed by atoms with Crippen molar-refractivity contribution < 1.29 is 33.1 Å². The van der Waals surface area contributed by atoms with Gasteiger partial charge < -0.3 is 23.8 Å². The molecule has 1 N–H and O–H groups in total. The molecule has 7 rings (SSSR count). The summed E-state index contributed by atoms with van der Waals surface area (Å²) in [6.45, 7) is 5.55. The molecule has 5 atom stereocenters. The number of benzene rings is 4. The molecular formula is C42H45FN4O6Si. The fourth-order valence-electron chi connectivity index (χ4n) is 8.85. The average Bonchev–Trinajstić information content (AvgIpc) is 3.84. The predicted molar refractivity (Wildman–Crippen MR) is 208 cm³/mol. The standard InChI is InChI=1S/C42H45FN4O6Si/c1-29-40(54(2,3)43)38(24-39(51)44-22-10-15-35(44)26-48)53-42(29)36-23-34(47(28-50)32-13-8-5-9-14-32)20-21-37(36)45(41(42)52)25-30-16-18-33(19-17-30)46(27-49)31-11-6-4-7-12-31/h4-9,11-14,16-21,23,27-29,35,38,40,48H,10,15,22,24-26H2,1-3H3/t29-,35+,38+,40-,42+/m1/s1. The van der Waals surface area contributed by atoms with E-state index in [9.17, 15) is 19.5 Å². The summed E-state index contributed by atoms with van der Waals surface area (Å²) in [5, 5.41) is 9.94. The number of fused-ring (bicyclic) bond motifs is 2. The number of para-hydroxylation sites is 2. The molecule has 0 aromatic heterocycles. The summed E-state index contributed by atoms with van der Waals surface area (Å²) in [6, 6.07) is 30.8. The molecule has 10 nitrogen and oxygen atoms in total. The van der Waals surface area contributed by atoms with Crippen LogP contribution in [0.3, 0.4) is 0 Å². The Hall–Kier alpha value is -5.17. The number of rotatable bonds is 12. The minimum absolute atomic E-state index is 0.115. The Morgan fingerprint density at radius 3 is 2.06 bits per heavy atom. The molecule has 4 aromatic rings.